The van der Waals surface area contributed by atoms with Gasteiger partial charge in [0.2, 0.25) is 0 Å². The van der Waals surface area contributed by atoms with Crippen molar-refractivity contribution in [3.8, 4) is 0 Å². The van der Waals surface area contributed by atoms with Crippen molar-refractivity contribution in [2.45, 2.75) is 32.4 Å². The summed E-state index contributed by atoms with van der Waals surface area (Å²) in [5.74, 6) is 0. The lowest BCUT2D eigenvalue weighted by molar-refractivity contribution is 0.176. The highest BCUT2D eigenvalue weighted by atomic mass is 16.6. The lowest BCUT2D eigenvalue weighted by atomic mass is 10.1. The third-order valence-electron chi connectivity index (χ3n) is 2.36. The van der Waals surface area contributed by atoms with E-state index in [2.05, 4.69) is 30.8 Å². The van der Waals surface area contributed by atoms with Crippen LogP contribution in [0.2, 0.25) is 0 Å². The van der Waals surface area contributed by atoms with Crippen LogP contribution >= 0.6 is 0 Å². The molecule has 1 heterocycles. The quantitative estimate of drug-likeness (QED) is 0.603. The topological polar surface area (TPSA) is 50.8 Å². The fourth-order valence-electron chi connectivity index (χ4n) is 1.45. The Kier molecular flexibility index (Phi) is 2.93. The summed E-state index contributed by atoms with van der Waals surface area (Å²) >= 11 is 0. The third-order valence-corrected chi connectivity index (χ3v) is 2.36. The molecule has 0 aromatic carbocycles. The van der Waals surface area contributed by atoms with Crippen molar-refractivity contribution in [1.82, 2.24) is 4.90 Å². The Morgan fingerprint density at radius 2 is 2.15 bits per heavy atom. The van der Waals surface area contributed by atoms with Gasteiger partial charge >= 0.3 is 0 Å². The van der Waals surface area contributed by atoms with Crippen LogP contribution in [0, 0.1) is 0 Å². The molecule has 1 aliphatic heterocycles. The Morgan fingerprint density at radius 1 is 1.54 bits per heavy atom. The van der Waals surface area contributed by atoms with E-state index in [0.29, 0.717) is 0 Å². The molecule has 4 nitrogen and oxygen atoms in total. The van der Waals surface area contributed by atoms with Gasteiger partial charge in [-0.2, -0.15) is 0 Å². The van der Waals surface area contributed by atoms with Crippen molar-refractivity contribution in [3.63, 3.8) is 0 Å². The maximum atomic E-state index is 5.90. The van der Waals surface area contributed by atoms with Crippen molar-refractivity contribution >= 4 is 5.71 Å². The molecule has 0 amide bonds. The smallest absolute Gasteiger partial charge is 0.106 e. The zero-order chi connectivity index (χ0) is 10.1. The average molecular weight is 185 g/mol. The second-order valence-electron chi connectivity index (χ2n) is 4.42. The fourth-order valence-corrected chi connectivity index (χ4v) is 1.45. The van der Waals surface area contributed by atoms with Gasteiger partial charge in [-0.15, -0.1) is 0 Å². The van der Waals surface area contributed by atoms with Crippen LogP contribution in [0.4, 0.5) is 0 Å². The van der Waals surface area contributed by atoms with Gasteiger partial charge in [-0.05, 0) is 20.8 Å². The van der Waals surface area contributed by atoms with Gasteiger partial charge in [-0.3, -0.25) is 4.90 Å². The van der Waals surface area contributed by atoms with E-state index in [9.17, 15) is 0 Å². The molecule has 0 radical (unpaired) electrons. The molecule has 1 atom stereocenters. The van der Waals surface area contributed by atoms with E-state index in [-0.39, 0.29) is 11.6 Å². The van der Waals surface area contributed by atoms with Crippen molar-refractivity contribution in [2.75, 3.05) is 20.2 Å². The lowest BCUT2D eigenvalue weighted by Crippen LogP contribution is -2.40. The molecule has 76 valence electrons. The highest BCUT2D eigenvalue weighted by Crippen LogP contribution is 2.18. The van der Waals surface area contributed by atoms with Gasteiger partial charge in [0.25, 0.3) is 0 Å². The standard InChI is InChI=1S/C9H19N3O/c1-9(2,3)12-5-7(10)8(6-12)11-13-4/h7H,5-6,10H2,1-4H3/b11-8+. The van der Waals surface area contributed by atoms with E-state index in [0.717, 1.165) is 18.8 Å². The van der Waals surface area contributed by atoms with Gasteiger partial charge in [0.15, 0.2) is 0 Å². The van der Waals surface area contributed by atoms with Gasteiger partial charge in [0.1, 0.15) is 7.11 Å². The zero-order valence-electron chi connectivity index (χ0n) is 8.87. The number of nitrogens with zero attached hydrogens (tertiary/aromatic N) is 2. The Balaban J connectivity index is 2.66. The number of hydrogen-bond donors (Lipinski definition) is 1. The second-order valence-corrected chi connectivity index (χ2v) is 4.42. The maximum absolute atomic E-state index is 5.90. The van der Waals surface area contributed by atoms with Crippen LogP contribution < -0.4 is 5.73 Å². The highest BCUT2D eigenvalue weighted by molar-refractivity contribution is 5.93. The normalized spacial score (nSPS) is 28.4. The Hall–Kier alpha value is -0.610. The van der Waals surface area contributed by atoms with Crippen LogP contribution in [-0.2, 0) is 4.84 Å². The van der Waals surface area contributed by atoms with Crippen LogP contribution in [0.3, 0.4) is 0 Å². The van der Waals surface area contributed by atoms with Crippen LogP contribution in [0.15, 0.2) is 5.16 Å². The molecule has 2 N–H and O–H groups in total. The monoisotopic (exact) mass is 185 g/mol. The molecule has 1 rings (SSSR count). The summed E-state index contributed by atoms with van der Waals surface area (Å²) in [5, 5.41) is 3.92. The van der Waals surface area contributed by atoms with E-state index >= 15 is 0 Å². The summed E-state index contributed by atoms with van der Waals surface area (Å²) in [7, 11) is 1.56. The van der Waals surface area contributed by atoms with Crippen LogP contribution in [0.25, 0.3) is 0 Å². The molecule has 1 saturated heterocycles. The van der Waals surface area contributed by atoms with Crippen LogP contribution in [0.1, 0.15) is 20.8 Å². The second kappa shape index (κ2) is 3.64. The maximum Gasteiger partial charge on any atom is 0.106 e. The molecule has 0 aromatic rings. The van der Waals surface area contributed by atoms with E-state index in [4.69, 9.17) is 10.6 Å². The average Bonchev–Trinajstić information content (AvgIpc) is 2.32. The van der Waals surface area contributed by atoms with Gasteiger partial charge in [0, 0.05) is 18.6 Å². The number of rotatable bonds is 1. The zero-order valence-corrected chi connectivity index (χ0v) is 8.87. The Morgan fingerprint density at radius 3 is 2.54 bits per heavy atom. The molecule has 0 bridgehead atoms. The largest absolute Gasteiger partial charge is 0.399 e. The van der Waals surface area contributed by atoms with E-state index < -0.39 is 0 Å². The number of hydrogen-bond acceptors (Lipinski definition) is 4. The number of oxime groups is 1. The summed E-state index contributed by atoms with van der Waals surface area (Å²) in [6.45, 7) is 8.21. The molecule has 1 unspecified atom stereocenters. The fraction of sp³-hybridized carbons (Fsp3) is 0.889. The van der Waals surface area contributed by atoms with Gasteiger partial charge in [-0.1, -0.05) is 5.16 Å². The van der Waals surface area contributed by atoms with E-state index in [1.54, 1.807) is 7.11 Å². The van der Waals surface area contributed by atoms with Crippen LogP contribution in [0.5, 0.6) is 0 Å². The first kappa shape index (κ1) is 10.5. The minimum atomic E-state index is 0.0270. The van der Waals surface area contributed by atoms with E-state index in [1.807, 2.05) is 0 Å². The summed E-state index contributed by atoms with van der Waals surface area (Å²) in [6.07, 6.45) is 0. The lowest BCUT2D eigenvalue weighted by Gasteiger charge is -2.30. The minimum absolute atomic E-state index is 0.0270. The van der Waals surface area contributed by atoms with Crippen molar-refractivity contribution in [1.29, 1.82) is 0 Å². The molecule has 0 spiro atoms. The molecule has 0 aliphatic carbocycles. The predicted octanol–water partition coefficient (Wildman–Crippen LogP) is 0.430. The van der Waals surface area contributed by atoms with Crippen molar-refractivity contribution < 1.29 is 4.84 Å². The van der Waals surface area contributed by atoms with Crippen LogP contribution in [-0.4, -0.2) is 42.4 Å². The molecular weight excluding hydrogens is 166 g/mol. The Labute approximate surface area is 79.7 Å². The third kappa shape index (κ3) is 2.42. The van der Waals surface area contributed by atoms with Crippen molar-refractivity contribution in [2.24, 2.45) is 10.9 Å². The first-order valence-corrected chi connectivity index (χ1v) is 4.55. The molecule has 1 aliphatic rings. The molecular formula is C9H19N3O. The first-order valence-electron chi connectivity index (χ1n) is 4.55. The van der Waals surface area contributed by atoms with Gasteiger partial charge < -0.3 is 10.6 Å². The van der Waals surface area contributed by atoms with E-state index in [1.165, 1.54) is 0 Å². The molecule has 0 aromatic heterocycles. The van der Waals surface area contributed by atoms with Crippen molar-refractivity contribution in [3.05, 3.63) is 0 Å². The summed E-state index contributed by atoms with van der Waals surface area (Å²) in [5.41, 5.74) is 7.00. The van der Waals surface area contributed by atoms with Gasteiger partial charge in [0.05, 0.1) is 11.8 Å². The highest BCUT2D eigenvalue weighted by Gasteiger charge is 2.33. The summed E-state index contributed by atoms with van der Waals surface area (Å²) < 4.78 is 0. The minimum Gasteiger partial charge on any atom is -0.399 e. The molecule has 4 heteroatoms. The predicted molar refractivity (Wildman–Crippen MR) is 53.7 cm³/mol. The summed E-state index contributed by atoms with van der Waals surface area (Å²) in [6, 6.07) is 0.0270. The number of likely N-dealkylation sites (tertiary alicyclic amines) is 1. The summed E-state index contributed by atoms with van der Waals surface area (Å²) in [4.78, 5) is 7.04. The first-order chi connectivity index (χ1) is 5.95. The number of nitrogens with two attached hydrogens (primary N) is 1. The van der Waals surface area contributed by atoms with Gasteiger partial charge in [-0.25, -0.2) is 0 Å². The molecule has 0 saturated carbocycles. The Bertz CT molecular complexity index is 207. The molecule has 1 fully saturated rings. The molecule has 13 heavy (non-hydrogen) atoms. The SMILES string of the molecule is CO/N=C1\CN(C(C)(C)C)CC1N.